The van der Waals surface area contributed by atoms with E-state index in [0.717, 1.165) is 11.1 Å². The third-order valence-corrected chi connectivity index (χ3v) is 10.8. The van der Waals surface area contributed by atoms with Crippen LogP contribution in [0.3, 0.4) is 0 Å². The molecule has 0 radical (unpaired) electrons. The fraction of sp³-hybridized carbons (Fsp3) is 0.310. The van der Waals surface area contributed by atoms with Crippen LogP contribution in [0.1, 0.15) is 33.3 Å². The molecule has 3 rings (SSSR count). The zero-order valence-corrected chi connectivity index (χ0v) is 21.3. The number of ether oxygens (including phenoxy) is 1. The summed E-state index contributed by atoms with van der Waals surface area (Å²) in [6.07, 6.45) is 2.07. The van der Waals surface area contributed by atoms with Gasteiger partial charge in [0.15, 0.2) is 0 Å². The largest absolute Gasteiger partial charge is 0.403 e. The van der Waals surface area contributed by atoms with Crippen LogP contribution in [0.25, 0.3) is 0 Å². The smallest absolute Gasteiger partial charge is 0.261 e. The molecule has 4 heteroatoms. The van der Waals surface area contributed by atoms with Crippen LogP contribution in [0.5, 0.6) is 0 Å². The predicted octanol–water partition coefficient (Wildman–Crippen LogP) is 5.05. The monoisotopic (exact) mass is 459 g/mol. The lowest BCUT2D eigenvalue weighted by Gasteiger charge is -2.43. The molecule has 0 saturated carbocycles. The molecule has 0 unspecified atom stereocenters. The van der Waals surface area contributed by atoms with Crippen LogP contribution in [0.2, 0.25) is 5.04 Å². The van der Waals surface area contributed by atoms with Gasteiger partial charge in [0.2, 0.25) is 0 Å². The number of nitrogens with two attached hydrogens (primary N) is 1. The molecule has 3 nitrogen and oxygen atoms in total. The second-order valence-corrected chi connectivity index (χ2v) is 13.9. The Morgan fingerprint density at radius 2 is 1.33 bits per heavy atom. The molecule has 0 bridgehead atoms. The van der Waals surface area contributed by atoms with Crippen molar-refractivity contribution in [3.8, 4) is 0 Å². The average Bonchev–Trinajstić information content (AvgIpc) is 2.81. The molecule has 0 aromatic heterocycles. The maximum Gasteiger partial charge on any atom is 0.261 e. The normalized spacial score (nSPS) is 13.7. The highest BCUT2D eigenvalue weighted by Crippen LogP contribution is 2.36. The molecular weight excluding hydrogens is 422 g/mol. The molecule has 1 atom stereocenters. The van der Waals surface area contributed by atoms with Gasteiger partial charge in [0.05, 0.1) is 19.8 Å². The first-order chi connectivity index (χ1) is 15.8. The van der Waals surface area contributed by atoms with Crippen molar-refractivity contribution in [2.45, 2.75) is 45.4 Å². The van der Waals surface area contributed by atoms with Crippen LogP contribution in [-0.2, 0) is 15.8 Å². The molecule has 3 aromatic carbocycles. The van der Waals surface area contributed by atoms with Gasteiger partial charge in [0.25, 0.3) is 8.32 Å². The van der Waals surface area contributed by atoms with E-state index in [1.807, 2.05) is 18.2 Å². The molecule has 33 heavy (non-hydrogen) atoms. The molecule has 0 fully saturated rings. The summed E-state index contributed by atoms with van der Waals surface area (Å²) >= 11 is 0. The zero-order chi connectivity index (χ0) is 23.7. The minimum absolute atomic E-state index is 0.0447. The lowest BCUT2D eigenvalue weighted by atomic mass is 10.2. The minimum Gasteiger partial charge on any atom is -0.403 e. The minimum atomic E-state index is -2.55. The van der Waals surface area contributed by atoms with E-state index in [1.54, 1.807) is 0 Å². The highest BCUT2D eigenvalue weighted by molar-refractivity contribution is 6.99. The Kier molecular flexibility index (Phi) is 8.81. The maximum absolute atomic E-state index is 6.98. The van der Waals surface area contributed by atoms with Crippen LogP contribution in [-0.4, -0.2) is 27.6 Å². The van der Waals surface area contributed by atoms with Gasteiger partial charge in [0, 0.05) is 6.04 Å². The highest BCUT2D eigenvalue weighted by atomic mass is 28.4. The molecule has 0 aliphatic heterocycles. The molecule has 0 amide bonds. The van der Waals surface area contributed by atoms with E-state index in [4.69, 9.17) is 14.9 Å². The van der Waals surface area contributed by atoms with E-state index in [2.05, 4.69) is 107 Å². The van der Waals surface area contributed by atoms with Gasteiger partial charge in [-0.05, 0) is 27.9 Å². The zero-order valence-electron chi connectivity index (χ0n) is 20.3. The van der Waals surface area contributed by atoms with Crippen molar-refractivity contribution < 1.29 is 9.16 Å². The second-order valence-electron chi connectivity index (χ2n) is 9.63. The van der Waals surface area contributed by atoms with Crippen LogP contribution in [0.15, 0.2) is 103 Å². The molecule has 3 aromatic rings. The van der Waals surface area contributed by atoms with Gasteiger partial charge >= 0.3 is 0 Å². The Bertz CT molecular complexity index is 959. The first kappa shape index (κ1) is 25.1. The quantitative estimate of drug-likeness (QED) is 0.341. The fourth-order valence-electron chi connectivity index (χ4n) is 4.33. The van der Waals surface area contributed by atoms with E-state index in [-0.39, 0.29) is 11.1 Å². The van der Waals surface area contributed by atoms with Crippen molar-refractivity contribution in [3.63, 3.8) is 0 Å². The summed E-state index contributed by atoms with van der Waals surface area (Å²) in [5.41, 5.74) is 8.62. The summed E-state index contributed by atoms with van der Waals surface area (Å²) < 4.78 is 12.8. The van der Waals surface area contributed by atoms with Crippen molar-refractivity contribution in [2.75, 3.05) is 13.2 Å². The first-order valence-corrected chi connectivity index (χ1v) is 13.5. The van der Waals surface area contributed by atoms with Gasteiger partial charge in [-0.25, -0.2) is 0 Å². The Morgan fingerprint density at radius 1 is 0.848 bits per heavy atom. The van der Waals surface area contributed by atoms with Crippen molar-refractivity contribution in [1.82, 2.24) is 0 Å². The average molecular weight is 460 g/mol. The first-order valence-electron chi connectivity index (χ1n) is 11.6. The van der Waals surface area contributed by atoms with Gasteiger partial charge in [-0.3, -0.25) is 0 Å². The summed E-state index contributed by atoms with van der Waals surface area (Å²) in [4.78, 5) is 0. The van der Waals surface area contributed by atoms with Gasteiger partial charge in [-0.2, -0.15) is 0 Å². The summed E-state index contributed by atoms with van der Waals surface area (Å²) in [6, 6.07) is 31.4. The van der Waals surface area contributed by atoms with E-state index in [1.165, 1.54) is 10.4 Å². The van der Waals surface area contributed by atoms with Gasteiger partial charge in [-0.15, -0.1) is 0 Å². The summed E-state index contributed by atoms with van der Waals surface area (Å²) in [6.45, 7) is 10.6. The maximum atomic E-state index is 6.98. The molecule has 2 N–H and O–H groups in total. The highest BCUT2D eigenvalue weighted by Gasteiger charge is 2.50. The van der Waals surface area contributed by atoms with E-state index < -0.39 is 8.32 Å². The SMILES string of the molecule is C/C(=C\[C@@H](N)COCc1ccccc1)CO[Si](c1ccccc1)(c1ccccc1)C(C)(C)C. The Hall–Kier alpha value is -2.50. The molecule has 0 aliphatic rings. The number of hydrogen-bond donors (Lipinski definition) is 1. The molecule has 0 aliphatic carbocycles. The number of rotatable bonds is 10. The lowest BCUT2D eigenvalue weighted by Crippen LogP contribution is -2.66. The molecule has 0 spiro atoms. The third-order valence-electron chi connectivity index (χ3n) is 5.85. The Balaban J connectivity index is 1.75. The van der Waals surface area contributed by atoms with Crippen LogP contribution in [0.4, 0.5) is 0 Å². The van der Waals surface area contributed by atoms with E-state index in [0.29, 0.717) is 19.8 Å². The topological polar surface area (TPSA) is 44.5 Å². The van der Waals surface area contributed by atoms with Gasteiger partial charge < -0.3 is 14.9 Å². The lowest BCUT2D eigenvalue weighted by molar-refractivity contribution is 0.116. The van der Waals surface area contributed by atoms with Crippen LogP contribution >= 0.6 is 0 Å². The fourth-order valence-corrected chi connectivity index (χ4v) is 8.93. The molecular formula is C29H37NO2Si. The van der Waals surface area contributed by atoms with Crippen molar-refractivity contribution in [3.05, 3.63) is 108 Å². The number of benzene rings is 3. The molecule has 0 saturated heterocycles. The predicted molar refractivity (Wildman–Crippen MR) is 141 cm³/mol. The van der Waals surface area contributed by atoms with E-state index in [9.17, 15) is 0 Å². The van der Waals surface area contributed by atoms with Crippen molar-refractivity contribution in [2.24, 2.45) is 5.73 Å². The number of hydrogen-bond acceptors (Lipinski definition) is 3. The third kappa shape index (κ3) is 6.52. The molecule has 174 valence electrons. The van der Waals surface area contributed by atoms with Gasteiger partial charge in [-0.1, -0.05) is 123 Å². The van der Waals surface area contributed by atoms with Crippen molar-refractivity contribution >= 4 is 18.7 Å². The second kappa shape index (κ2) is 11.6. The molecule has 0 heterocycles. The van der Waals surface area contributed by atoms with Crippen molar-refractivity contribution in [1.29, 1.82) is 0 Å². The Morgan fingerprint density at radius 3 is 1.82 bits per heavy atom. The van der Waals surface area contributed by atoms with E-state index >= 15 is 0 Å². The summed E-state index contributed by atoms with van der Waals surface area (Å²) in [5, 5.41) is 2.52. The van der Waals surface area contributed by atoms with Crippen LogP contribution in [0, 0.1) is 0 Å². The summed E-state index contributed by atoms with van der Waals surface area (Å²) in [7, 11) is -2.55. The van der Waals surface area contributed by atoms with Gasteiger partial charge in [0.1, 0.15) is 0 Å². The summed E-state index contributed by atoms with van der Waals surface area (Å²) in [5.74, 6) is 0. The van der Waals surface area contributed by atoms with Crippen LogP contribution < -0.4 is 16.1 Å². The Labute approximate surface area is 200 Å². The standard InChI is InChI=1S/C29H37NO2Si/c1-24(20-26(30)23-31-22-25-14-8-5-9-15-25)21-32-33(29(2,3)4,27-16-10-6-11-17-27)28-18-12-7-13-19-28/h5-20,26H,21-23,30H2,1-4H3/b24-20+/t26-/m1/s1.